The van der Waals surface area contributed by atoms with Gasteiger partial charge >= 0.3 is 0 Å². The van der Waals surface area contributed by atoms with Crippen LogP contribution in [0.1, 0.15) is 30.3 Å². The summed E-state index contributed by atoms with van der Waals surface area (Å²) in [7, 11) is 0. The average molecular weight is 261 g/mol. The van der Waals surface area contributed by atoms with Crippen LogP contribution in [0.25, 0.3) is 11.4 Å². The van der Waals surface area contributed by atoms with E-state index in [0.29, 0.717) is 23.9 Å². The van der Waals surface area contributed by atoms with Gasteiger partial charge in [0.15, 0.2) is 0 Å². The Morgan fingerprint density at radius 3 is 3.05 bits per heavy atom. The van der Waals surface area contributed by atoms with E-state index >= 15 is 0 Å². The Labute approximate surface area is 109 Å². The van der Waals surface area contributed by atoms with Crippen molar-refractivity contribution in [3.05, 3.63) is 34.1 Å². The van der Waals surface area contributed by atoms with Gasteiger partial charge in [0.1, 0.15) is 0 Å². The highest BCUT2D eigenvalue weighted by molar-refractivity contribution is 5.52. The fourth-order valence-corrected chi connectivity index (χ4v) is 2.19. The normalized spacial score (nSPS) is 19.5. The van der Waals surface area contributed by atoms with E-state index in [2.05, 4.69) is 15.1 Å². The number of hydrogen-bond donors (Lipinski definition) is 1. The maximum Gasteiger partial charge on any atom is 0.259 e. The van der Waals surface area contributed by atoms with Crippen molar-refractivity contribution >= 4 is 0 Å². The number of hydrogen-bond acceptors (Lipinski definition) is 5. The first-order valence-corrected chi connectivity index (χ1v) is 6.35. The smallest absolute Gasteiger partial charge is 0.259 e. The summed E-state index contributed by atoms with van der Waals surface area (Å²) in [6.07, 6.45) is 1.97. The molecule has 6 nitrogen and oxygen atoms in total. The van der Waals surface area contributed by atoms with Crippen molar-refractivity contribution < 1.29 is 9.26 Å². The lowest BCUT2D eigenvalue weighted by Crippen LogP contribution is -2.15. The van der Waals surface area contributed by atoms with Crippen molar-refractivity contribution in [3.63, 3.8) is 0 Å². The van der Waals surface area contributed by atoms with E-state index in [1.807, 2.05) is 13.0 Å². The van der Waals surface area contributed by atoms with Gasteiger partial charge in [-0.3, -0.25) is 4.79 Å². The molecule has 100 valence electrons. The fourth-order valence-electron chi connectivity index (χ4n) is 2.19. The summed E-state index contributed by atoms with van der Waals surface area (Å²) >= 11 is 0. The zero-order chi connectivity index (χ0) is 13.2. The zero-order valence-electron chi connectivity index (χ0n) is 10.7. The zero-order valence-corrected chi connectivity index (χ0v) is 10.7. The Morgan fingerprint density at radius 2 is 2.32 bits per heavy atom. The van der Waals surface area contributed by atoms with Crippen molar-refractivity contribution in [2.45, 2.75) is 25.7 Å². The molecule has 0 aromatic carbocycles. The second kappa shape index (κ2) is 4.97. The van der Waals surface area contributed by atoms with Crippen LogP contribution in [-0.2, 0) is 4.74 Å². The number of rotatable bonds is 2. The lowest BCUT2D eigenvalue weighted by Gasteiger charge is -2.17. The number of nitrogens with one attached hydrogen (secondary N) is 1. The third-order valence-corrected chi connectivity index (χ3v) is 3.25. The number of H-pyrrole nitrogens is 1. The number of aryl methyl sites for hydroxylation is 1. The second-order valence-electron chi connectivity index (χ2n) is 4.75. The topological polar surface area (TPSA) is 81.0 Å². The number of aromatic nitrogens is 3. The molecule has 1 saturated heterocycles. The van der Waals surface area contributed by atoms with Crippen LogP contribution in [-0.4, -0.2) is 28.3 Å². The maximum absolute atomic E-state index is 11.8. The molecule has 2 aromatic rings. The van der Waals surface area contributed by atoms with Gasteiger partial charge in [0.2, 0.25) is 11.7 Å². The van der Waals surface area contributed by atoms with Crippen molar-refractivity contribution in [2.75, 3.05) is 13.2 Å². The molecule has 1 unspecified atom stereocenters. The first-order chi connectivity index (χ1) is 9.24. The SMILES string of the molecule is Cc1ccc(-c2noc(C3CCCOC3)n2)c(=O)[nH]1. The molecule has 1 fully saturated rings. The van der Waals surface area contributed by atoms with Crippen LogP contribution in [0.15, 0.2) is 21.5 Å². The fraction of sp³-hybridized carbons (Fsp3) is 0.462. The van der Waals surface area contributed by atoms with E-state index in [0.717, 1.165) is 25.1 Å². The van der Waals surface area contributed by atoms with E-state index < -0.39 is 0 Å². The monoisotopic (exact) mass is 261 g/mol. The standard InChI is InChI=1S/C13H15N3O3/c1-8-4-5-10(12(17)14-8)11-15-13(19-16-11)9-3-2-6-18-7-9/h4-5,9H,2-3,6-7H2,1H3,(H,14,17). The van der Waals surface area contributed by atoms with E-state index in [-0.39, 0.29) is 11.5 Å². The van der Waals surface area contributed by atoms with Gasteiger partial charge in [-0.05, 0) is 31.9 Å². The third-order valence-electron chi connectivity index (χ3n) is 3.25. The summed E-state index contributed by atoms with van der Waals surface area (Å²) in [6, 6.07) is 3.52. The lowest BCUT2D eigenvalue weighted by atomic mass is 10.0. The Kier molecular flexibility index (Phi) is 3.16. The van der Waals surface area contributed by atoms with E-state index in [1.165, 1.54) is 0 Å². The predicted octanol–water partition coefficient (Wildman–Crippen LogP) is 1.63. The molecule has 0 saturated carbocycles. The maximum atomic E-state index is 11.8. The largest absolute Gasteiger partial charge is 0.381 e. The molecule has 0 radical (unpaired) electrons. The summed E-state index contributed by atoms with van der Waals surface area (Å²) in [5.74, 6) is 1.02. The molecule has 1 N–H and O–H groups in total. The molecule has 0 spiro atoms. The molecule has 19 heavy (non-hydrogen) atoms. The quantitative estimate of drug-likeness (QED) is 0.888. The van der Waals surface area contributed by atoms with Crippen LogP contribution >= 0.6 is 0 Å². The molecule has 1 atom stereocenters. The first-order valence-electron chi connectivity index (χ1n) is 6.35. The Bertz CT molecular complexity index is 626. The number of aromatic amines is 1. The highest BCUT2D eigenvalue weighted by Crippen LogP contribution is 2.25. The molecule has 3 rings (SSSR count). The number of ether oxygens (including phenoxy) is 1. The molecular formula is C13H15N3O3. The van der Waals surface area contributed by atoms with Gasteiger partial charge in [0.05, 0.1) is 18.1 Å². The van der Waals surface area contributed by atoms with Crippen LogP contribution in [0.3, 0.4) is 0 Å². The van der Waals surface area contributed by atoms with Gasteiger partial charge in [-0.1, -0.05) is 5.16 Å². The summed E-state index contributed by atoms with van der Waals surface area (Å²) in [5.41, 5.74) is 1.03. The molecule has 6 heteroatoms. The summed E-state index contributed by atoms with van der Waals surface area (Å²) in [5, 5.41) is 3.89. The second-order valence-corrected chi connectivity index (χ2v) is 4.75. The molecule has 1 aliphatic heterocycles. The van der Waals surface area contributed by atoms with Gasteiger partial charge < -0.3 is 14.2 Å². The molecule has 0 amide bonds. The van der Waals surface area contributed by atoms with Crippen LogP contribution in [0.2, 0.25) is 0 Å². The number of nitrogens with zero attached hydrogens (tertiary/aromatic N) is 2. The first kappa shape index (κ1) is 12.1. The van der Waals surface area contributed by atoms with E-state index in [1.54, 1.807) is 6.07 Å². The highest BCUT2D eigenvalue weighted by atomic mass is 16.5. The van der Waals surface area contributed by atoms with Gasteiger partial charge in [-0.2, -0.15) is 4.98 Å². The van der Waals surface area contributed by atoms with Crippen molar-refractivity contribution in [1.82, 2.24) is 15.1 Å². The lowest BCUT2D eigenvalue weighted by molar-refractivity contribution is 0.0705. The van der Waals surface area contributed by atoms with Gasteiger partial charge in [0.25, 0.3) is 5.56 Å². The minimum atomic E-state index is -0.202. The Morgan fingerprint density at radius 1 is 1.42 bits per heavy atom. The molecule has 2 aromatic heterocycles. The van der Waals surface area contributed by atoms with Crippen LogP contribution in [0.5, 0.6) is 0 Å². The number of pyridine rings is 1. The summed E-state index contributed by atoms with van der Waals surface area (Å²) in [6.45, 7) is 3.22. The van der Waals surface area contributed by atoms with Crippen LogP contribution < -0.4 is 5.56 Å². The van der Waals surface area contributed by atoms with E-state index in [4.69, 9.17) is 9.26 Å². The van der Waals surface area contributed by atoms with Crippen molar-refractivity contribution in [3.8, 4) is 11.4 Å². The van der Waals surface area contributed by atoms with Gasteiger partial charge in [-0.15, -0.1) is 0 Å². The average Bonchev–Trinajstić information content (AvgIpc) is 2.89. The van der Waals surface area contributed by atoms with Gasteiger partial charge in [0, 0.05) is 12.3 Å². The minimum absolute atomic E-state index is 0.138. The molecule has 0 bridgehead atoms. The molecule has 1 aliphatic rings. The third kappa shape index (κ3) is 2.44. The predicted molar refractivity (Wildman–Crippen MR) is 67.9 cm³/mol. The van der Waals surface area contributed by atoms with Crippen molar-refractivity contribution in [1.29, 1.82) is 0 Å². The van der Waals surface area contributed by atoms with Gasteiger partial charge in [-0.25, -0.2) is 0 Å². The summed E-state index contributed by atoms with van der Waals surface area (Å²) < 4.78 is 10.6. The van der Waals surface area contributed by atoms with Crippen molar-refractivity contribution in [2.24, 2.45) is 0 Å². The Balaban J connectivity index is 1.90. The molecule has 0 aliphatic carbocycles. The van der Waals surface area contributed by atoms with E-state index in [9.17, 15) is 4.79 Å². The molecular weight excluding hydrogens is 246 g/mol. The Hall–Kier alpha value is -1.95. The highest BCUT2D eigenvalue weighted by Gasteiger charge is 2.23. The summed E-state index contributed by atoms with van der Waals surface area (Å²) in [4.78, 5) is 18.9. The van der Waals surface area contributed by atoms with Crippen LogP contribution in [0.4, 0.5) is 0 Å². The molecule has 3 heterocycles. The minimum Gasteiger partial charge on any atom is -0.381 e. The van der Waals surface area contributed by atoms with Crippen LogP contribution in [0, 0.1) is 6.92 Å².